The van der Waals surface area contributed by atoms with Crippen LogP contribution in [0.15, 0.2) is 23.2 Å². The van der Waals surface area contributed by atoms with Gasteiger partial charge >= 0.3 is 5.97 Å². The first kappa shape index (κ1) is 19.7. The van der Waals surface area contributed by atoms with Crippen LogP contribution in [0.5, 0.6) is 0 Å². The van der Waals surface area contributed by atoms with Crippen molar-refractivity contribution in [3.05, 3.63) is 24.0 Å². The standard InChI is InChI=1S/C15H21N3O5S2/c1-10(2)17(3)14(19)13-8-24-9-18(13)25(21,22)11-5-6-12(16-7-11)15(20)23-4/h5-7,10,13H,8-9H2,1-4H3/t13-/m0/s1. The zero-order valence-corrected chi connectivity index (χ0v) is 16.1. The molecule has 10 heteroatoms. The minimum absolute atomic E-state index is 0.0180. The van der Waals surface area contributed by atoms with Crippen molar-refractivity contribution in [1.29, 1.82) is 0 Å². The Morgan fingerprint density at radius 1 is 1.40 bits per heavy atom. The number of carbonyl (C=O) groups excluding carboxylic acids is 2. The van der Waals surface area contributed by atoms with Gasteiger partial charge in [0.1, 0.15) is 16.6 Å². The normalized spacial score (nSPS) is 18.4. The summed E-state index contributed by atoms with van der Waals surface area (Å²) >= 11 is 1.39. The van der Waals surface area contributed by atoms with Crippen LogP contribution in [0.4, 0.5) is 0 Å². The Morgan fingerprint density at radius 2 is 2.08 bits per heavy atom. The summed E-state index contributed by atoms with van der Waals surface area (Å²) in [5.74, 6) is -0.276. The van der Waals surface area contributed by atoms with Crippen LogP contribution >= 0.6 is 11.8 Å². The molecule has 0 unspecified atom stereocenters. The van der Waals surface area contributed by atoms with Gasteiger partial charge in [0.15, 0.2) is 0 Å². The molecule has 1 atom stereocenters. The highest BCUT2D eigenvalue weighted by atomic mass is 32.2. The van der Waals surface area contributed by atoms with E-state index in [1.165, 1.54) is 40.2 Å². The molecule has 1 amide bonds. The fourth-order valence-electron chi connectivity index (χ4n) is 2.24. The molecule has 2 heterocycles. The molecule has 1 aromatic rings. The highest BCUT2D eigenvalue weighted by Gasteiger charge is 2.41. The predicted octanol–water partition coefficient (Wildman–Crippen LogP) is 0.799. The van der Waals surface area contributed by atoms with Crippen molar-refractivity contribution in [1.82, 2.24) is 14.2 Å². The largest absolute Gasteiger partial charge is 0.464 e. The lowest BCUT2D eigenvalue weighted by atomic mass is 10.2. The molecule has 1 aromatic heterocycles. The smallest absolute Gasteiger partial charge is 0.356 e. The van der Waals surface area contributed by atoms with Crippen LogP contribution in [0.3, 0.4) is 0 Å². The van der Waals surface area contributed by atoms with Crippen molar-refractivity contribution < 1.29 is 22.7 Å². The van der Waals surface area contributed by atoms with Crippen molar-refractivity contribution in [2.75, 3.05) is 25.8 Å². The summed E-state index contributed by atoms with van der Waals surface area (Å²) in [6, 6.07) is 1.82. The van der Waals surface area contributed by atoms with Crippen molar-refractivity contribution in [2.45, 2.75) is 30.8 Å². The Bertz CT molecular complexity index is 749. The van der Waals surface area contributed by atoms with E-state index in [1.807, 2.05) is 13.8 Å². The van der Waals surface area contributed by atoms with Crippen LogP contribution in [-0.4, -0.2) is 72.4 Å². The van der Waals surface area contributed by atoms with Gasteiger partial charge in [-0.05, 0) is 26.0 Å². The summed E-state index contributed by atoms with van der Waals surface area (Å²) in [4.78, 5) is 29.3. The highest BCUT2D eigenvalue weighted by molar-refractivity contribution is 8.00. The number of amides is 1. The highest BCUT2D eigenvalue weighted by Crippen LogP contribution is 2.29. The molecule has 1 aliphatic heterocycles. The monoisotopic (exact) mass is 387 g/mol. The van der Waals surface area contributed by atoms with E-state index in [1.54, 1.807) is 7.05 Å². The minimum atomic E-state index is -3.89. The molecule has 0 N–H and O–H groups in total. The van der Waals surface area contributed by atoms with Crippen molar-refractivity contribution >= 4 is 33.7 Å². The van der Waals surface area contributed by atoms with Gasteiger partial charge in [0.05, 0.1) is 13.0 Å². The fraction of sp³-hybridized carbons (Fsp3) is 0.533. The fourth-order valence-corrected chi connectivity index (χ4v) is 5.32. The third kappa shape index (κ3) is 3.96. The zero-order valence-electron chi connectivity index (χ0n) is 14.5. The van der Waals surface area contributed by atoms with Gasteiger partial charge in [-0.3, -0.25) is 4.79 Å². The van der Waals surface area contributed by atoms with Gasteiger partial charge in [-0.25, -0.2) is 18.2 Å². The Hall–Kier alpha value is -1.65. The zero-order chi connectivity index (χ0) is 18.8. The molecule has 25 heavy (non-hydrogen) atoms. The van der Waals surface area contributed by atoms with Crippen LogP contribution < -0.4 is 0 Å². The van der Waals surface area contributed by atoms with Gasteiger partial charge in [0.2, 0.25) is 15.9 Å². The topological polar surface area (TPSA) is 96.9 Å². The molecule has 0 aromatic carbocycles. The van der Waals surface area contributed by atoms with E-state index in [-0.39, 0.29) is 28.4 Å². The molecule has 0 radical (unpaired) electrons. The third-order valence-corrected chi connectivity index (χ3v) is 7.00. The molecule has 1 aliphatic rings. The summed E-state index contributed by atoms with van der Waals surface area (Å²) < 4.78 is 31.5. The quantitative estimate of drug-likeness (QED) is 0.689. The van der Waals surface area contributed by atoms with Crippen LogP contribution in [0.25, 0.3) is 0 Å². The second kappa shape index (κ2) is 7.71. The molecule has 2 rings (SSSR count). The molecule has 138 valence electrons. The number of nitrogens with zero attached hydrogens (tertiary/aromatic N) is 3. The average molecular weight is 387 g/mol. The maximum absolute atomic E-state index is 12.9. The van der Waals surface area contributed by atoms with Crippen molar-refractivity contribution in [2.24, 2.45) is 0 Å². The van der Waals surface area contributed by atoms with E-state index in [0.29, 0.717) is 5.75 Å². The molecular formula is C15H21N3O5S2. The number of aromatic nitrogens is 1. The van der Waals surface area contributed by atoms with E-state index >= 15 is 0 Å². The summed E-state index contributed by atoms with van der Waals surface area (Å²) in [5, 5.41) is 0. The third-order valence-electron chi connectivity index (χ3n) is 3.99. The van der Waals surface area contributed by atoms with E-state index in [0.717, 1.165) is 6.20 Å². The number of ether oxygens (including phenoxy) is 1. The molecule has 1 fully saturated rings. The van der Waals surface area contributed by atoms with E-state index in [9.17, 15) is 18.0 Å². The molecule has 8 nitrogen and oxygen atoms in total. The predicted molar refractivity (Wildman–Crippen MR) is 93.6 cm³/mol. The van der Waals surface area contributed by atoms with Crippen molar-refractivity contribution in [3.63, 3.8) is 0 Å². The first-order valence-corrected chi connectivity index (χ1v) is 10.2. The van der Waals surface area contributed by atoms with Gasteiger partial charge in [0.25, 0.3) is 0 Å². The summed E-state index contributed by atoms with van der Waals surface area (Å²) in [6.07, 6.45) is 1.11. The number of likely N-dealkylation sites (N-methyl/N-ethyl adjacent to an activating group) is 1. The number of rotatable bonds is 5. The second-order valence-electron chi connectivity index (χ2n) is 5.82. The lowest BCUT2D eigenvalue weighted by Gasteiger charge is -2.29. The van der Waals surface area contributed by atoms with E-state index in [2.05, 4.69) is 9.72 Å². The second-order valence-corrected chi connectivity index (χ2v) is 8.71. The first-order chi connectivity index (χ1) is 11.7. The number of esters is 1. The summed E-state index contributed by atoms with van der Waals surface area (Å²) in [5.41, 5.74) is 0.0180. The number of sulfonamides is 1. The Labute approximate surface area is 151 Å². The SMILES string of the molecule is COC(=O)c1ccc(S(=O)(=O)N2CSC[C@H]2C(=O)N(C)C(C)C)cn1. The maximum atomic E-state index is 12.9. The Kier molecular flexibility index (Phi) is 6.07. The number of hydrogen-bond donors (Lipinski definition) is 0. The maximum Gasteiger partial charge on any atom is 0.356 e. The summed E-state index contributed by atoms with van der Waals surface area (Å²) in [7, 11) is -1.01. The van der Waals surface area contributed by atoms with Gasteiger partial charge in [-0.15, -0.1) is 11.8 Å². The minimum Gasteiger partial charge on any atom is -0.464 e. The van der Waals surface area contributed by atoms with Gasteiger partial charge in [-0.2, -0.15) is 4.31 Å². The van der Waals surface area contributed by atoms with Gasteiger partial charge in [-0.1, -0.05) is 0 Å². The van der Waals surface area contributed by atoms with Crippen LogP contribution in [0, 0.1) is 0 Å². The molecular weight excluding hydrogens is 366 g/mol. The molecule has 0 saturated carbocycles. The Balaban J connectivity index is 2.28. The Morgan fingerprint density at radius 3 is 2.60 bits per heavy atom. The molecule has 0 bridgehead atoms. The number of methoxy groups -OCH3 is 1. The van der Waals surface area contributed by atoms with Gasteiger partial charge in [0, 0.05) is 25.0 Å². The van der Waals surface area contributed by atoms with Gasteiger partial charge < -0.3 is 9.64 Å². The number of thioether (sulfide) groups is 1. The van der Waals surface area contributed by atoms with Crippen LogP contribution in [0.2, 0.25) is 0 Å². The van der Waals surface area contributed by atoms with E-state index in [4.69, 9.17) is 0 Å². The lowest BCUT2D eigenvalue weighted by Crippen LogP contribution is -2.49. The first-order valence-electron chi connectivity index (χ1n) is 7.60. The molecule has 0 aliphatic carbocycles. The summed E-state index contributed by atoms with van der Waals surface area (Å²) in [6.45, 7) is 3.74. The molecule has 1 saturated heterocycles. The average Bonchev–Trinajstić information content (AvgIpc) is 3.10. The molecule has 0 spiro atoms. The number of hydrogen-bond acceptors (Lipinski definition) is 7. The van der Waals surface area contributed by atoms with E-state index < -0.39 is 22.0 Å². The van der Waals surface area contributed by atoms with Crippen molar-refractivity contribution in [3.8, 4) is 0 Å². The van der Waals surface area contributed by atoms with Crippen LogP contribution in [0.1, 0.15) is 24.3 Å². The number of pyridine rings is 1. The lowest BCUT2D eigenvalue weighted by molar-refractivity contribution is -0.134. The number of carbonyl (C=O) groups is 2. The van der Waals surface area contributed by atoms with Crippen LogP contribution in [-0.2, 0) is 19.6 Å².